The van der Waals surface area contributed by atoms with Gasteiger partial charge in [0.2, 0.25) is 15.9 Å². The number of carbonyl (C=O) groups excluding carboxylic acids is 2. The van der Waals surface area contributed by atoms with Gasteiger partial charge in [0.05, 0.1) is 16.5 Å². The molecular weight excluding hydrogens is 420 g/mol. The maximum atomic E-state index is 13.4. The Balaban J connectivity index is 1.78. The topological polar surface area (TPSA) is 108 Å². The van der Waals surface area contributed by atoms with E-state index >= 15 is 0 Å². The van der Waals surface area contributed by atoms with Gasteiger partial charge in [0, 0.05) is 32.2 Å². The second kappa shape index (κ2) is 9.54. The summed E-state index contributed by atoms with van der Waals surface area (Å²) in [6.45, 7) is 5.31. The fraction of sp³-hybridized carbons (Fsp3) is 0.619. The highest BCUT2D eigenvalue weighted by Gasteiger charge is 2.35. The summed E-state index contributed by atoms with van der Waals surface area (Å²) in [6, 6.07) is 3.12. The molecule has 1 aromatic rings. The lowest BCUT2D eigenvalue weighted by Crippen LogP contribution is -2.46. The number of sulfonamides is 1. The number of ether oxygens (including phenoxy) is 1. The molecule has 9 nitrogen and oxygen atoms in total. The third-order valence-electron chi connectivity index (χ3n) is 5.70. The SMILES string of the molecule is CC[C@@H]1Oc2cc(S(=O)(=O)N3CCC[C@H](C(=O)NCCN(C)C)C3)c(C)cc2NC1=O. The molecule has 0 spiro atoms. The standard InChI is InChI=1S/C21H32N4O5S/c1-5-17-21(27)23-16-11-14(2)19(12-18(16)30-17)31(28,29)25-9-6-7-15(13-25)20(26)22-8-10-24(3)4/h11-12,15,17H,5-10,13H2,1-4H3,(H,22,26)(H,23,27)/t15-,17-/m0/s1. The number of nitrogens with zero attached hydrogens (tertiary/aromatic N) is 2. The minimum absolute atomic E-state index is 0.110. The first kappa shape index (κ1) is 23.5. The number of aryl methyl sites for hydroxylation is 1. The van der Waals surface area contributed by atoms with E-state index in [1.54, 1.807) is 13.0 Å². The normalized spacial score (nSPS) is 21.9. The molecule has 0 radical (unpaired) electrons. The number of fused-ring (bicyclic) bond motifs is 1. The molecule has 2 aliphatic rings. The van der Waals surface area contributed by atoms with E-state index in [1.807, 2.05) is 25.9 Å². The largest absolute Gasteiger partial charge is 0.478 e. The fourth-order valence-electron chi connectivity index (χ4n) is 3.89. The number of carbonyl (C=O) groups is 2. The molecule has 0 aliphatic carbocycles. The molecule has 0 saturated carbocycles. The van der Waals surface area contributed by atoms with Gasteiger partial charge in [0.1, 0.15) is 5.75 Å². The molecule has 2 atom stereocenters. The fourth-order valence-corrected chi connectivity index (χ4v) is 5.64. The summed E-state index contributed by atoms with van der Waals surface area (Å²) in [7, 11) is 0.0489. The summed E-state index contributed by atoms with van der Waals surface area (Å²) in [5.41, 5.74) is 0.998. The van der Waals surface area contributed by atoms with Crippen LogP contribution in [-0.2, 0) is 19.6 Å². The van der Waals surface area contributed by atoms with E-state index < -0.39 is 16.1 Å². The van der Waals surface area contributed by atoms with Crippen LogP contribution in [0.3, 0.4) is 0 Å². The van der Waals surface area contributed by atoms with Crippen molar-refractivity contribution < 1.29 is 22.7 Å². The summed E-state index contributed by atoms with van der Waals surface area (Å²) < 4.78 is 34.0. The number of rotatable bonds is 7. The predicted octanol–water partition coefficient (Wildman–Crippen LogP) is 1.18. The molecule has 0 bridgehead atoms. The summed E-state index contributed by atoms with van der Waals surface area (Å²) in [5, 5.41) is 5.68. The Morgan fingerprint density at radius 3 is 2.77 bits per heavy atom. The van der Waals surface area contributed by atoms with Crippen LogP contribution in [0.15, 0.2) is 17.0 Å². The molecule has 3 rings (SSSR count). The Kier molecular flexibility index (Phi) is 7.23. The van der Waals surface area contributed by atoms with Crippen molar-refractivity contribution in [3.05, 3.63) is 17.7 Å². The third-order valence-corrected chi connectivity index (χ3v) is 7.71. The van der Waals surface area contributed by atoms with Gasteiger partial charge in [-0.1, -0.05) is 6.92 Å². The zero-order valence-electron chi connectivity index (χ0n) is 18.6. The first-order valence-electron chi connectivity index (χ1n) is 10.7. The average Bonchev–Trinajstić information content (AvgIpc) is 2.72. The van der Waals surface area contributed by atoms with Crippen LogP contribution >= 0.6 is 0 Å². The van der Waals surface area contributed by atoms with Crippen molar-refractivity contribution in [2.24, 2.45) is 5.92 Å². The zero-order valence-corrected chi connectivity index (χ0v) is 19.4. The van der Waals surface area contributed by atoms with Gasteiger partial charge in [-0.2, -0.15) is 4.31 Å². The van der Waals surface area contributed by atoms with Crippen LogP contribution in [0, 0.1) is 12.8 Å². The number of benzene rings is 1. The highest BCUT2D eigenvalue weighted by atomic mass is 32.2. The Morgan fingerprint density at radius 1 is 1.35 bits per heavy atom. The van der Waals surface area contributed by atoms with Crippen molar-refractivity contribution in [2.45, 2.75) is 44.1 Å². The quantitative estimate of drug-likeness (QED) is 0.643. The Hall–Kier alpha value is -2.17. The number of likely N-dealkylation sites (N-methyl/N-ethyl adjacent to an activating group) is 1. The highest BCUT2D eigenvalue weighted by molar-refractivity contribution is 7.89. The molecule has 0 unspecified atom stereocenters. The van der Waals surface area contributed by atoms with Crippen LogP contribution in [-0.4, -0.2) is 75.8 Å². The van der Waals surface area contributed by atoms with Gasteiger partial charge >= 0.3 is 0 Å². The molecule has 2 aliphatic heterocycles. The van der Waals surface area contributed by atoms with Crippen LogP contribution in [0.1, 0.15) is 31.7 Å². The zero-order chi connectivity index (χ0) is 22.8. The number of amides is 2. The van der Waals surface area contributed by atoms with E-state index in [9.17, 15) is 18.0 Å². The third kappa shape index (κ3) is 5.19. The van der Waals surface area contributed by atoms with Crippen LogP contribution in [0.5, 0.6) is 5.75 Å². The number of hydrogen-bond donors (Lipinski definition) is 2. The summed E-state index contributed by atoms with van der Waals surface area (Å²) >= 11 is 0. The summed E-state index contributed by atoms with van der Waals surface area (Å²) in [4.78, 5) is 26.7. The van der Waals surface area contributed by atoms with E-state index in [0.29, 0.717) is 49.4 Å². The van der Waals surface area contributed by atoms with Crippen molar-refractivity contribution in [1.29, 1.82) is 0 Å². The Labute approximate surface area is 184 Å². The van der Waals surface area contributed by atoms with Crippen molar-refractivity contribution in [2.75, 3.05) is 45.6 Å². The van der Waals surface area contributed by atoms with E-state index in [-0.39, 0.29) is 29.2 Å². The van der Waals surface area contributed by atoms with Crippen molar-refractivity contribution in [3.63, 3.8) is 0 Å². The molecule has 10 heteroatoms. The molecule has 172 valence electrons. The molecule has 1 fully saturated rings. The van der Waals surface area contributed by atoms with E-state index in [4.69, 9.17) is 4.74 Å². The molecule has 1 saturated heterocycles. The number of nitrogens with one attached hydrogen (secondary N) is 2. The van der Waals surface area contributed by atoms with Gasteiger partial charge in [-0.05, 0) is 51.9 Å². The van der Waals surface area contributed by atoms with E-state index in [1.165, 1.54) is 10.4 Å². The second-order valence-corrected chi connectivity index (χ2v) is 10.3. The smallest absolute Gasteiger partial charge is 0.265 e. The number of hydrogen-bond acceptors (Lipinski definition) is 6. The van der Waals surface area contributed by atoms with Gasteiger partial charge in [-0.25, -0.2) is 8.42 Å². The lowest BCUT2D eigenvalue weighted by molar-refractivity contribution is -0.126. The Morgan fingerprint density at radius 2 is 2.10 bits per heavy atom. The minimum atomic E-state index is -3.81. The first-order chi connectivity index (χ1) is 14.6. The van der Waals surface area contributed by atoms with Crippen molar-refractivity contribution >= 4 is 27.5 Å². The molecule has 2 N–H and O–H groups in total. The first-order valence-corrected chi connectivity index (χ1v) is 12.1. The van der Waals surface area contributed by atoms with Gasteiger partial charge < -0.3 is 20.3 Å². The monoisotopic (exact) mass is 452 g/mol. The van der Waals surface area contributed by atoms with Crippen LogP contribution in [0.4, 0.5) is 5.69 Å². The summed E-state index contributed by atoms with van der Waals surface area (Å²) in [5.74, 6) is -0.362. The minimum Gasteiger partial charge on any atom is -0.478 e. The van der Waals surface area contributed by atoms with Crippen LogP contribution < -0.4 is 15.4 Å². The van der Waals surface area contributed by atoms with Gasteiger partial charge in [-0.3, -0.25) is 9.59 Å². The lowest BCUT2D eigenvalue weighted by Gasteiger charge is -2.32. The molecule has 1 aromatic carbocycles. The predicted molar refractivity (Wildman–Crippen MR) is 118 cm³/mol. The molecule has 31 heavy (non-hydrogen) atoms. The highest BCUT2D eigenvalue weighted by Crippen LogP contribution is 2.36. The number of piperidine rings is 1. The van der Waals surface area contributed by atoms with Crippen molar-refractivity contribution in [1.82, 2.24) is 14.5 Å². The van der Waals surface area contributed by atoms with Crippen LogP contribution in [0.25, 0.3) is 0 Å². The molecule has 0 aromatic heterocycles. The van der Waals surface area contributed by atoms with Gasteiger partial charge in [0.25, 0.3) is 5.91 Å². The second-order valence-electron chi connectivity index (χ2n) is 8.41. The molecular formula is C21H32N4O5S. The van der Waals surface area contributed by atoms with Crippen molar-refractivity contribution in [3.8, 4) is 5.75 Å². The van der Waals surface area contributed by atoms with Gasteiger partial charge in [0.15, 0.2) is 6.10 Å². The Bertz CT molecular complexity index is 947. The van der Waals surface area contributed by atoms with Gasteiger partial charge in [-0.15, -0.1) is 0 Å². The van der Waals surface area contributed by atoms with E-state index in [0.717, 1.165) is 6.54 Å². The summed E-state index contributed by atoms with van der Waals surface area (Å²) in [6.07, 6.45) is 1.13. The maximum absolute atomic E-state index is 13.4. The number of anilines is 1. The lowest BCUT2D eigenvalue weighted by atomic mass is 9.99. The van der Waals surface area contributed by atoms with Crippen LogP contribution in [0.2, 0.25) is 0 Å². The maximum Gasteiger partial charge on any atom is 0.265 e. The molecule has 2 amide bonds. The average molecular weight is 453 g/mol. The molecule has 2 heterocycles. The van der Waals surface area contributed by atoms with E-state index in [2.05, 4.69) is 10.6 Å².